The summed E-state index contributed by atoms with van der Waals surface area (Å²) in [4.78, 5) is -0.316. The average Bonchev–Trinajstić information content (AvgIpc) is 2.51. The first-order chi connectivity index (χ1) is 11.8. The first-order valence-electron chi connectivity index (χ1n) is 7.98. The monoisotopic (exact) mass is 386 g/mol. The lowest BCUT2D eigenvalue weighted by Gasteiger charge is -2.23. The van der Waals surface area contributed by atoms with Gasteiger partial charge < -0.3 is 0 Å². The van der Waals surface area contributed by atoms with E-state index in [1.807, 2.05) is 20.8 Å². The summed E-state index contributed by atoms with van der Waals surface area (Å²) in [5, 5.41) is 0. The van der Waals surface area contributed by atoms with E-state index in [-0.39, 0.29) is 15.9 Å². The Morgan fingerprint density at radius 1 is 0.885 bits per heavy atom. The zero-order valence-electron chi connectivity index (χ0n) is 15.0. The molecule has 0 heterocycles. The van der Waals surface area contributed by atoms with Crippen LogP contribution >= 0.6 is 0 Å². The molecular formula is C19H21F3O3S. The molecule has 0 bridgehead atoms. The molecule has 0 saturated carbocycles. The van der Waals surface area contributed by atoms with Crippen molar-refractivity contribution in [2.45, 2.75) is 50.3 Å². The second-order valence-electron chi connectivity index (χ2n) is 7.16. The molecule has 0 aliphatic heterocycles. The van der Waals surface area contributed by atoms with Crippen LogP contribution in [0.4, 0.5) is 13.2 Å². The lowest BCUT2D eigenvalue weighted by atomic mass is 9.86. The van der Waals surface area contributed by atoms with Gasteiger partial charge in [-0.1, -0.05) is 62.7 Å². The molecule has 7 heteroatoms. The molecule has 0 aliphatic rings. The highest BCUT2D eigenvalue weighted by Crippen LogP contribution is 2.39. The quantitative estimate of drug-likeness (QED) is 0.670. The van der Waals surface area contributed by atoms with Gasteiger partial charge in [0.05, 0.1) is 4.90 Å². The summed E-state index contributed by atoms with van der Waals surface area (Å²) in [5.41, 5.74) is 1.13. The van der Waals surface area contributed by atoms with Gasteiger partial charge in [-0.2, -0.15) is 21.6 Å². The van der Waals surface area contributed by atoms with Crippen molar-refractivity contribution >= 4 is 10.1 Å². The summed E-state index contributed by atoms with van der Waals surface area (Å²) in [6.07, 6.45) is -7.44. The molecule has 26 heavy (non-hydrogen) atoms. The van der Waals surface area contributed by atoms with E-state index in [2.05, 4.69) is 4.18 Å². The third kappa shape index (κ3) is 4.86. The maximum Gasteiger partial charge on any atom is 0.420 e. The first-order valence-corrected chi connectivity index (χ1v) is 9.39. The number of halogens is 3. The molecule has 0 aromatic heterocycles. The van der Waals surface area contributed by atoms with Gasteiger partial charge in [0.25, 0.3) is 10.1 Å². The van der Waals surface area contributed by atoms with Gasteiger partial charge in [-0.3, -0.25) is 0 Å². The van der Waals surface area contributed by atoms with Gasteiger partial charge in [0, 0.05) is 0 Å². The van der Waals surface area contributed by atoms with Crippen molar-refractivity contribution < 1.29 is 25.8 Å². The van der Waals surface area contributed by atoms with Gasteiger partial charge in [0.15, 0.2) is 6.10 Å². The van der Waals surface area contributed by atoms with Crippen molar-refractivity contribution in [1.29, 1.82) is 0 Å². The fourth-order valence-corrected chi connectivity index (χ4v) is 3.40. The summed E-state index contributed by atoms with van der Waals surface area (Å²) in [7, 11) is -4.57. The Morgan fingerprint density at radius 2 is 1.38 bits per heavy atom. The molecule has 3 nitrogen and oxygen atoms in total. The molecule has 1 unspecified atom stereocenters. The highest BCUT2D eigenvalue weighted by Gasteiger charge is 2.45. The zero-order valence-corrected chi connectivity index (χ0v) is 15.8. The van der Waals surface area contributed by atoms with Gasteiger partial charge in [0.1, 0.15) is 0 Å². The number of alkyl halides is 3. The maximum atomic E-state index is 13.5. The van der Waals surface area contributed by atoms with E-state index in [1.54, 1.807) is 19.1 Å². The fraction of sp³-hybridized carbons (Fsp3) is 0.368. The van der Waals surface area contributed by atoms with Gasteiger partial charge in [-0.15, -0.1) is 0 Å². The van der Waals surface area contributed by atoms with E-state index < -0.39 is 22.4 Å². The van der Waals surface area contributed by atoms with E-state index in [9.17, 15) is 21.6 Å². The largest absolute Gasteiger partial charge is 0.420 e. The molecule has 0 fully saturated rings. The molecule has 0 radical (unpaired) electrons. The second kappa shape index (κ2) is 7.04. The van der Waals surface area contributed by atoms with E-state index in [0.717, 1.165) is 11.1 Å². The van der Waals surface area contributed by atoms with Crippen molar-refractivity contribution in [2.75, 3.05) is 0 Å². The Bertz CT molecular complexity index is 847. The molecule has 2 rings (SSSR count). The van der Waals surface area contributed by atoms with Crippen LogP contribution in [-0.4, -0.2) is 14.6 Å². The smallest absolute Gasteiger partial charge is 0.248 e. The highest BCUT2D eigenvalue weighted by molar-refractivity contribution is 7.86. The molecule has 1 atom stereocenters. The average molecular weight is 386 g/mol. The molecular weight excluding hydrogens is 365 g/mol. The number of rotatable bonds is 4. The maximum absolute atomic E-state index is 13.5. The zero-order chi connectivity index (χ0) is 19.8. The van der Waals surface area contributed by atoms with Crippen molar-refractivity contribution in [1.82, 2.24) is 0 Å². The van der Waals surface area contributed by atoms with Gasteiger partial charge in [-0.05, 0) is 35.6 Å². The normalized spacial score (nSPS) is 14.3. The summed E-state index contributed by atoms with van der Waals surface area (Å²) in [6, 6.07) is 11.0. The third-order valence-corrected chi connectivity index (χ3v) is 5.20. The fourth-order valence-electron chi connectivity index (χ4n) is 2.34. The van der Waals surface area contributed by atoms with Crippen LogP contribution < -0.4 is 0 Å². The van der Waals surface area contributed by atoms with E-state index in [0.29, 0.717) is 0 Å². The highest BCUT2D eigenvalue weighted by atomic mass is 32.2. The van der Waals surface area contributed by atoms with Crippen LogP contribution in [0, 0.1) is 6.92 Å². The minimum Gasteiger partial charge on any atom is -0.248 e. The van der Waals surface area contributed by atoms with E-state index in [4.69, 9.17) is 0 Å². The van der Waals surface area contributed by atoms with Crippen molar-refractivity contribution in [3.05, 3.63) is 65.2 Å². The number of hydrogen-bond donors (Lipinski definition) is 0. The Hall–Kier alpha value is -1.86. The number of benzene rings is 2. The van der Waals surface area contributed by atoms with Crippen LogP contribution in [0.1, 0.15) is 43.6 Å². The second-order valence-corrected chi connectivity index (χ2v) is 8.73. The van der Waals surface area contributed by atoms with Crippen LogP contribution in [0.25, 0.3) is 0 Å². The lowest BCUT2D eigenvalue weighted by molar-refractivity contribution is -0.196. The standard InChI is InChI=1S/C19H21F3O3S/c1-13-5-11-16(12-6-13)26(23,24)25-17(19(20,21)22)14-7-9-15(10-8-14)18(2,3)4/h5-12,17H,1-4H3. The van der Waals surface area contributed by atoms with Crippen molar-refractivity contribution in [3.63, 3.8) is 0 Å². The minimum atomic E-state index is -4.87. The molecule has 0 aliphatic carbocycles. The van der Waals surface area contributed by atoms with Gasteiger partial charge in [-0.25, -0.2) is 4.18 Å². The third-order valence-electron chi connectivity index (χ3n) is 3.91. The Labute approximate surface area is 151 Å². The molecule has 0 spiro atoms. The van der Waals surface area contributed by atoms with E-state index in [1.165, 1.54) is 36.4 Å². The predicted octanol–water partition coefficient (Wildman–Crippen LogP) is 5.30. The van der Waals surface area contributed by atoms with Crippen molar-refractivity contribution in [2.24, 2.45) is 0 Å². The minimum absolute atomic E-state index is 0.235. The summed E-state index contributed by atoms with van der Waals surface area (Å²) in [5.74, 6) is 0. The number of aryl methyl sites for hydroxylation is 1. The van der Waals surface area contributed by atoms with Gasteiger partial charge in [0.2, 0.25) is 0 Å². The van der Waals surface area contributed by atoms with Crippen LogP contribution in [0.15, 0.2) is 53.4 Å². The SMILES string of the molecule is Cc1ccc(S(=O)(=O)OC(c2ccc(C(C)(C)C)cc2)C(F)(F)F)cc1. The van der Waals surface area contributed by atoms with E-state index >= 15 is 0 Å². The van der Waals surface area contributed by atoms with Crippen LogP contribution in [0.2, 0.25) is 0 Å². The molecule has 2 aromatic carbocycles. The predicted molar refractivity (Wildman–Crippen MR) is 93.4 cm³/mol. The topological polar surface area (TPSA) is 43.4 Å². The first kappa shape index (κ1) is 20.5. The molecule has 142 valence electrons. The summed E-state index contributed by atoms with van der Waals surface area (Å²) in [6.45, 7) is 7.54. The molecule has 0 amide bonds. The Morgan fingerprint density at radius 3 is 1.81 bits per heavy atom. The molecule has 0 N–H and O–H groups in total. The van der Waals surface area contributed by atoms with Crippen LogP contribution in [0.5, 0.6) is 0 Å². The van der Waals surface area contributed by atoms with Crippen LogP contribution in [-0.2, 0) is 19.7 Å². The lowest BCUT2D eigenvalue weighted by Crippen LogP contribution is -2.26. The summed E-state index contributed by atoms with van der Waals surface area (Å²) < 4.78 is 69.5. The molecule has 0 saturated heterocycles. The van der Waals surface area contributed by atoms with Crippen molar-refractivity contribution in [3.8, 4) is 0 Å². The van der Waals surface area contributed by atoms with Crippen LogP contribution in [0.3, 0.4) is 0 Å². The Balaban J connectivity index is 2.38. The van der Waals surface area contributed by atoms with Gasteiger partial charge >= 0.3 is 6.18 Å². The number of hydrogen-bond acceptors (Lipinski definition) is 3. The summed E-state index contributed by atoms with van der Waals surface area (Å²) >= 11 is 0. The Kier molecular flexibility index (Phi) is 5.54. The molecule has 2 aromatic rings.